The number of rotatable bonds is 11. The molecule has 6 N–H and O–H groups in total. The number of hydrogen-bond donors (Lipinski definition) is 6. The van der Waals surface area contributed by atoms with Crippen molar-refractivity contribution >= 4 is 24.1 Å². The van der Waals surface area contributed by atoms with E-state index in [0.29, 0.717) is 11.1 Å². The molecule has 11 nitrogen and oxygen atoms in total. The summed E-state index contributed by atoms with van der Waals surface area (Å²) in [6.07, 6.45) is 0.563. The number of carbonyl (C=O) groups is 3. The second-order valence-corrected chi connectivity index (χ2v) is 13.1. The van der Waals surface area contributed by atoms with E-state index in [4.69, 9.17) is 4.74 Å². The highest BCUT2D eigenvalue weighted by molar-refractivity contribution is 5.92. The molecule has 0 aromatic heterocycles. The van der Waals surface area contributed by atoms with E-state index in [0.717, 1.165) is 16.7 Å². The van der Waals surface area contributed by atoms with Crippen molar-refractivity contribution < 1.29 is 34.4 Å². The molecule has 0 saturated heterocycles. The van der Waals surface area contributed by atoms with E-state index in [1.54, 1.807) is 36.4 Å². The summed E-state index contributed by atoms with van der Waals surface area (Å²) in [5.74, 6) is -1.22. The Morgan fingerprint density at radius 3 is 1.93 bits per heavy atom. The Labute approximate surface area is 269 Å². The largest absolute Gasteiger partial charge is 0.508 e. The molecule has 246 valence electrons. The van der Waals surface area contributed by atoms with Crippen LogP contribution in [0.25, 0.3) is 0 Å². The number of carbonyl (C=O) groups excluding carboxylic acids is 3. The second kappa shape index (κ2) is 15.4. The van der Waals surface area contributed by atoms with Crippen LogP contribution < -0.4 is 16.1 Å². The first-order valence-electron chi connectivity index (χ1n) is 15.0. The summed E-state index contributed by atoms with van der Waals surface area (Å²) in [4.78, 5) is 38.8. The fourth-order valence-corrected chi connectivity index (χ4v) is 4.57. The predicted octanol–water partition coefficient (Wildman–Crippen LogP) is 4.16. The van der Waals surface area contributed by atoms with Gasteiger partial charge in [-0.2, -0.15) is 5.10 Å². The Kier molecular flexibility index (Phi) is 11.9. The number of hydrazone groups is 1. The molecule has 3 aromatic rings. The minimum absolute atomic E-state index is 0.0194. The van der Waals surface area contributed by atoms with Crippen molar-refractivity contribution in [1.82, 2.24) is 16.1 Å². The number of phenols is 2. The Hall–Kier alpha value is -4.90. The van der Waals surface area contributed by atoms with Gasteiger partial charge in [0, 0.05) is 17.5 Å². The van der Waals surface area contributed by atoms with Crippen LogP contribution in [0.3, 0.4) is 0 Å². The molecule has 3 rings (SSSR count). The summed E-state index contributed by atoms with van der Waals surface area (Å²) >= 11 is 0. The number of amides is 3. The Bertz CT molecular complexity index is 1490. The standard InChI is InChI=1S/C35H44N4O7/c1-34(2,3)26-16-24(17-27(30(26)42)35(4,5)6)19-36-39-32(44)28(18-22-12-14-25(41)15-13-22)37-31(43)29(20-40)38-33(45)46-21-23-10-8-7-9-11-23/h7-17,19,28-29,40-42H,18,20-21H2,1-6H3,(H,37,43)(H,38,45)(H,39,44)/b36-19-/t28-,29-/m0/s1. The Morgan fingerprint density at radius 2 is 1.39 bits per heavy atom. The van der Waals surface area contributed by atoms with Crippen molar-refractivity contribution in [2.45, 2.75) is 77.5 Å². The lowest BCUT2D eigenvalue weighted by Gasteiger charge is -2.27. The summed E-state index contributed by atoms with van der Waals surface area (Å²) in [5.41, 5.74) is 5.23. The number of phenolic OH excluding ortho intramolecular Hbond substituents is 2. The van der Waals surface area contributed by atoms with Crippen LogP contribution in [0.4, 0.5) is 4.79 Å². The van der Waals surface area contributed by atoms with Gasteiger partial charge in [-0.05, 0) is 51.8 Å². The van der Waals surface area contributed by atoms with Crippen LogP contribution in [0.2, 0.25) is 0 Å². The quantitative estimate of drug-likeness (QED) is 0.136. The normalized spacial score (nSPS) is 13.1. The van der Waals surface area contributed by atoms with Crippen molar-refractivity contribution in [1.29, 1.82) is 0 Å². The van der Waals surface area contributed by atoms with Gasteiger partial charge in [-0.15, -0.1) is 0 Å². The number of nitrogens with zero attached hydrogens (tertiary/aromatic N) is 1. The van der Waals surface area contributed by atoms with Crippen LogP contribution in [0.1, 0.15) is 69.4 Å². The zero-order valence-corrected chi connectivity index (χ0v) is 27.1. The fourth-order valence-electron chi connectivity index (χ4n) is 4.57. The average Bonchev–Trinajstić information content (AvgIpc) is 2.99. The number of aliphatic hydroxyl groups excluding tert-OH is 1. The molecular weight excluding hydrogens is 588 g/mol. The van der Waals surface area contributed by atoms with E-state index in [-0.39, 0.29) is 35.4 Å². The second-order valence-electron chi connectivity index (χ2n) is 13.1. The Balaban J connectivity index is 1.77. The third-order valence-electron chi connectivity index (χ3n) is 7.15. The molecule has 3 amide bonds. The van der Waals surface area contributed by atoms with Crippen molar-refractivity contribution in [3.8, 4) is 11.5 Å². The number of benzene rings is 3. The molecule has 0 unspecified atom stereocenters. The zero-order chi connectivity index (χ0) is 34.1. The molecular formula is C35H44N4O7. The molecule has 46 heavy (non-hydrogen) atoms. The molecule has 2 atom stereocenters. The lowest BCUT2D eigenvalue weighted by molar-refractivity contribution is -0.130. The molecule has 0 aliphatic rings. The first-order chi connectivity index (χ1) is 21.6. The molecule has 0 spiro atoms. The van der Waals surface area contributed by atoms with Gasteiger partial charge in [0.15, 0.2) is 0 Å². The number of nitrogens with one attached hydrogen (secondary N) is 3. The van der Waals surface area contributed by atoms with Gasteiger partial charge in [0.2, 0.25) is 5.91 Å². The van der Waals surface area contributed by atoms with Gasteiger partial charge in [-0.25, -0.2) is 10.2 Å². The minimum Gasteiger partial charge on any atom is -0.508 e. The van der Waals surface area contributed by atoms with E-state index in [9.17, 15) is 29.7 Å². The van der Waals surface area contributed by atoms with E-state index in [2.05, 4.69) is 21.2 Å². The maximum absolute atomic E-state index is 13.3. The topological polar surface area (TPSA) is 170 Å². The summed E-state index contributed by atoms with van der Waals surface area (Å²) in [5, 5.41) is 39.5. The number of ether oxygens (including phenoxy) is 1. The van der Waals surface area contributed by atoms with Crippen molar-refractivity contribution in [2.24, 2.45) is 5.10 Å². The average molecular weight is 633 g/mol. The summed E-state index contributed by atoms with van der Waals surface area (Å²) in [7, 11) is 0. The summed E-state index contributed by atoms with van der Waals surface area (Å²) in [6.45, 7) is 11.2. The van der Waals surface area contributed by atoms with Crippen LogP contribution in [-0.4, -0.2) is 58.1 Å². The van der Waals surface area contributed by atoms with Gasteiger partial charge >= 0.3 is 6.09 Å². The third-order valence-corrected chi connectivity index (χ3v) is 7.15. The van der Waals surface area contributed by atoms with Crippen LogP contribution in [0.5, 0.6) is 11.5 Å². The zero-order valence-electron chi connectivity index (χ0n) is 27.1. The smallest absolute Gasteiger partial charge is 0.408 e. The van der Waals surface area contributed by atoms with Gasteiger partial charge in [0.1, 0.15) is 30.2 Å². The highest BCUT2D eigenvalue weighted by Crippen LogP contribution is 2.39. The lowest BCUT2D eigenvalue weighted by atomic mass is 9.78. The minimum atomic E-state index is -1.40. The number of aliphatic hydroxyl groups is 1. The summed E-state index contributed by atoms with van der Waals surface area (Å²) in [6, 6.07) is 16.1. The SMILES string of the molecule is CC(C)(C)c1cc(/C=N\NC(=O)[C@H](Cc2ccc(O)cc2)NC(=O)[C@H](CO)NC(=O)OCc2ccccc2)cc(C(C)(C)C)c1O. The maximum Gasteiger partial charge on any atom is 0.408 e. The summed E-state index contributed by atoms with van der Waals surface area (Å²) < 4.78 is 5.15. The molecule has 0 saturated carbocycles. The van der Waals surface area contributed by atoms with Crippen LogP contribution in [-0.2, 0) is 38.2 Å². The first kappa shape index (κ1) is 35.6. The van der Waals surface area contributed by atoms with Crippen molar-refractivity contribution in [3.05, 3.63) is 94.5 Å². The molecule has 0 heterocycles. The van der Waals surface area contributed by atoms with Crippen molar-refractivity contribution in [2.75, 3.05) is 6.61 Å². The molecule has 0 bridgehead atoms. The maximum atomic E-state index is 13.3. The van der Waals surface area contributed by atoms with Gasteiger partial charge < -0.3 is 30.7 Å². The van der Waals surface area contributed by atoms with Gasteiger partial charge in [-0.3, -0.25) is 9.59 Å². The highest BCUT2D eigenvalue weighted by atomic mass is 16.5. The van der Waals surface area contributed by atoms with E-state index < -0.39 is 36.6 Å². The molecule has 0 radical (unpaired) electrons. The molecule has 0 fully saturated rings. The van der Waals surface area contributed by atoms with Gasteiger partial charge in [-0.1, -0.05) is 84.0 Å². The highest BCUT2D eigenvalue weighted by Gasteiger charge is 2.28. The molecule has 0 aliphatic heterocycles. The molecule has 3 aromatic carbocycles. The van der Waals surface area contributed by atoms with Crippen molar-refractivity contribution in [3.63, 3.8) is 0 Å². The van der Waals surface area contributed by atoms with Crippen LogP contribution >= 0.6 is 0 Å². The van der Waals surface area contributed by atoms with E-state index >= 15 is 0 Å². The van der Waals surface area contributed by atoms with Gasteiger partial charge in [0.05, 0.1) is 12.8 Å². The first-order valence-corrected chi connectivity index (χ1v) is 15.0. The number of hydrogen-bond acceptors (Lipinski definition) is 8. The fraction of sp³-hybridized carbons (Fsp3) is 0.371. The monoisotopic (exact) mass is 632 g/mol. The molecule has 11 heteroatoms. The molecule has 0 aliphatic carbocycles. The van der Waals surface area contributed by atoms with E-state index in [1.807, 2.05) is 59.7 Å². The van der Waals surface area contributed by atoms with Crippen LogP contribution in [0, 0.1) is 0 Å². The number of aromatic hydroxyl groups is 2. The Morgan fingerprint density at radius 1 is 0.804 bits per heavy atom. The number of alkyl carbamates (subject to hydrolysis) is 1. The van der Waals surface area contributed by atoms with Gasteiger partial charge in [0.25, 0.3) is 5.91 Å². The lowest BCUT2D eigenvalue weighted by Crippen LogP contribution is -2.55. The third kappa shape index (κ3) is 10.3. The van der Waals surface area contributed by atoms with E-state index in [1.165, 1.54) is 18.3 Å². The van der Waals surface area contributed by atoms with Crippen LogP contribution in [0.15, 0.2) is 71.8 Å². The predicted molar refractivity (Wildman–Crippen MR) is 176 cm³/mol.